The molecule has 6 heteroatoms. The van der Waals surface area contributed by atoms with Crippen molar-refractivity contribution in [2.75, 3.05) is 18.6 Å². The molecule has 0 saturated carbocycles. The lowest BCUT2D eigenvalue weighted by atomic mass is 10.1. The number of aryl methyl sites for hydroxylation is 1. The third-order valence-electron chi connectivity index (χ3n) is 5.12. The predicted molar refractivity (Wildman–Crippen MR) is 90.9 cm³/mol. The zero-order valence-corrected chi connectivity index (χ0v) is 14.1. The molecule has 6 nitrogen and oxygen atoms in total. The van der Waals surface area contributed by atoms with Crippen LogP contribution in [-0.4, -0.2) is 46.3 Å². The molecule has 0 bridgehead atoms. The smallest absolute Gasteiger partial charge is 0.229 e. The molecule has 4 rings (SSSR count). The van der Waals surface area contributed by atoms with E-state index < -0.39 is 0 Å². The maximum Gasteiger partial charge on any atom is 0.229 e. The van der Waals surface area contributed by atoms with Crippen LogP contribution in [0.4, 0.5) is 5.69 Å². The Hall–Kier alpha value is -2.34. The summed E-state index contributed by atoms with van der Waals surface area (Å²) >= 11 is 0. The summed E-state index contributed by atoms with van der Waals surface area (Å²) in [5.41, 5.74) is 2.17. The van der Waals surface area contributed by atoms with Crippen molar-refractivity contribution < 1.29 is 9.53 Å². The molecule has 2 saturated heterocycles. The van der Waals surface area contributed by atoms with E-state index in [1.54, 1.807) is 18.0 Å². The van der Waals surface area contributed by atoms with Crippen LogP contribution in [0.3, 0.4) is 0 Å². The Morgan fingerprint density at radius 3 is 2.71 bits per heavy atom. The lowest BCUT2D eigenvalue weighted by molar-refractivity contribution is -0.117. The van der Waals surface area contributed by atoms with E-state index in [-0.39, 0.29) is 11.9 Å². The number of fused-ring (bicyclic) bond motifs is 1. The van der Waals surface area contributed by atoms with E-state index in [0.29, 0.717) is 12.5 Å². The molecule has 1 aromatic heterocycles. The number of benzene rings is 1. The Morgan fingerprint density at radius 1 is 1.25 bits per heavy atom. The Kier molecular flexibility index (Phi) is 3.76. The Labute approximate surface area is 141 Å². The predicted octanol–water partition coefficient (Wildman–Crippen LogP) is 1.81. The fraction of sp³-hybridized carbons (Fsp3) is 0.444. The van der Waals surface area contributed by atoms with Gasteiger partial charge in [-0.3, -0.25) is 14.4 Å². The van der Waals surface area contributed by atoms with Crippen LogP contribution >= 0.6 is 0 Å². The van der Waals surface area contributed by atoms with Crippen LogP contribution in [0.2, 0.25) is 0 Å². The highest BCUT2D eigenvalue weighted by Crippen LogP contribution is 2.36. The van der Waals surface area contributed by atoms with Crippen LogP contribution in [0, 0.1) is 0 Å². The average molecular weight is 326 g/mol. The number of likely N-dealkylation sites (tertiary alicyclic amines) is 1. The Morgan fingerprint density at radius 2 is 2.04 bits per heavy atom. The highest BCUT2D eigenvalue weighted by atomic mass is 16.5. The van der Waals surface area contributed by atoms with Crippen LogP contribution in [-0.2, 0) is 18.4 Å². The normalized spacial score (nSPS) is 23.8. The van der Waals surface area contributed by atoms with E-state index >= 15 is 0 Å². The van der Waals surface area contributed by atoms with Crippen molar-refractivity contribution in [1.29, 1.82) is 0 Å². The van der Waals surface area contributed by atoms with Gasteiger partial charge in [-0.05, 0) is 24.1 Å². The van der Waals surface area contributed by atoms with E-state index in [9.17, 15) is 4.79 Å². The van der Waals surface area contributed by atoms with Gasteiger partial charge >= 0.3 is 0 Å². The zero-order valence-electron chi connectivity index (χ0n) is 14.1. The zero-order chi connectivity index (χ0) is 16.7. The monoisotopic (exact) mass is 326 g/mol. The van der Waals surface area contributed by atoms with Gasteiger partial charge in [-0.25, -0.2) is 0 Å². The van der Waals surface area contributed by atoms with Gasteiger partial charge in [-0.2, -0.15) is 5.10 Å². The number of carbonyl (C=O) groups is 1. The number of rotatable bonds is 4. The lowest BCUT2D eigenvalue weighted by Gasteiger charge is -2.24. The van der Waals surface area contributed by atoms with E-state index in [4.69, 9.17) is 4.74 Å². The number of hydrogen-bond acceptors (Lipinski definition) is 4. The SMILES string of the molecule is COc1ccc(CN2CC[C@@H]3[C@@H]2CC(=O)N3c2cnn(C)c2)cc1. The molecule has 1 amide bonds. The maximum absolute atomic E-state index is 12.5. The first-order valence-electron chi connectivity index (χ1n) is 8.33. The summed E-state index contributed by atoms with van der Waals surface area (Å²) in [6, 6.07) is 8.73. The Bertz CT molecular complexity index is 740. The molecule has 3 heterocycles. The third kappa shape index (κ3) is 2.57. The summed E-state index contributed by atoms with van der Waals surface area (Å²) < 4.78 is 6.96. The molecule has 2 aliphatic heterocycles. The number of ether oxygens (including phenoxy) is 1. The Balaban J connectivity index is 1.50. The average Bonchev–Trinajstić information content (AvgIpc) is 3.25. The van der Waals surface area contributed by atoms with Crippen molar-refractivity contribution in [2.45, 2.75) is 31.5 Å². The molecule has 2 aromatic rings. The molecule has 0 radical (unpaired) electrons. The minimum absolute atomic E-state index is 0.206. The molecule has 1 aromatic carbocycles. The van der Waals surface area contributed by atoms with E-state index in [2.05, 4.69) is 22.1 Å². The summed E-state index contributed by atoms with van der Waals surface area (Å²) in [7, 11) is 3.56. The highest BCUT2D eigenvalue weighted by Gasteiger charge is 2.47. The molecule has 24 heavy (non-hydrogen) atoms. The third-order valence-corrected chi connectivity index (χ3v) is 5.12. The minimum atomic E-state index is 0.206. The molecule has 0 aliphatic carbocycles. The van der Waals surface area contributed by atoms with Crippen LogP contribution < -0.4 is 9.64 Å². The van der Waals surface area contributed by atoms with Crippen LogP contribution in [0.1, 0.15) is 18.4 Å². The van der Waals surface area contributed by atoms with Crippen molar-refractivity contribution in [3.63, 3.8) is 0 Å². The number of aromatic nitrogens is 2. The standard InChI is InChI=1S/C18H22N4O2/c1-20-12-14(10-19-20)22-16-7-8-21(17(16)9-18(22)23)11-13-3-5-15(24-2)6-4-13/h3-6,10,12,16-17H,7-9,11H2,1-2H3/t16-,17+/m1/s1. The van der Waals surface area contributed by atoms with Crippen LogP contribution in [0.15, 0.2) is 36.7 Å². The molecule has 0 unspecified atom stereocenters. The highest BCUT2D eigenvalue weighted by molar-refractivity contribution is 5.97. The molecule has 2 aliphatic rings. The minimum Gasteiger partial charge on any atom is -0.497 e. The largest absolute Gasteiger partial charge is 0.497 e. The second kappa shape index (κ2) is 5.94. The summed E-state index contributed by atoms with van der Waals surface area (Å²) in [5.74, 6) is 1.08. The number of anilines is 1. The summed E-state index contributed by atoms with van der Waals surface area (Å²) in [4.78, 5) is 16.9. The first-order chi connectivity index (χ1) is 11.7. The maximum atomic E-state index is 12.5. The van der Waals surface area contributed by atoms with Gasteiger partial charge < -0.3 is 9.64 Å². The molecule has 2 atom stereocenters. The van der Waals surface area contributed by atoms with Gasteiger partial charge in [0, 0.05) is 38.8 Å². The molecular formula is C18H22N4O2. The van der Waals surface area contributed by atoms with Gasteiger partial charge in [0.25, 0.3) is 0 Å². The quantitative estimate of drug-likeness (QED) is 0.860. The van der Waals surface area contributed by atoms with Gasteiger partial charge in [0.2, 0.25) is 5.91 Å². The van der Waals surface area contributed by atoms with Crippen molar-refractivity contribution in [3.8, 4) is 5.75 Å². The number of amides is 1. The fourth-order valence-electron chi connectivity index (χ4n) is 3.96. The van der Waals surface area contributed by atoms with Crippen molar-refractivity contribution in [1.82, 2.24) is 14.7 Å². The van der Waals surface area contributed by atoms with Gasteiger partial charge in [0.1, 0.15) is 5.75 Å². The van der Waals surface area contributed by atoms with Crippen LogP contribution in [0.5, 0.6) is 5.75 Å². The molecule has 126 valence electrons. The number of carbonyl (C=O) groups excluding carboxylic acids is 1. The summed E-state index contributed by atoms with van der Waals surface area (Å²) in [5, 5.41) is 4.21. The molecule has 0 spiro atoms. The van der Waals surface area contributed by atoms with Gasteiger partial charge in [0.05, 0.1) is 25.0 Å². The molecular weight excluding hydrogens is 304 g/mol. The molecule has 0 N–H and O–H groups in total. The first-order valence-corrected chi connectivity index (χ1v) is 8.33. The lowest BCUT2D eigenvalue weighted by Crippen LogP contribution is -2.37. The van der Waals surface area contributed by atoms with Gasteiger partial charge in [-0.1, -0.05) is 12.1 Å². The number of nitrogens with zero attached hydrogens (tertiary/aromatic N) is 4. The van der Waals surface area contributed by atoms with Crippen molar-refractivity contribution >= 4 is 11.6 Å². The summed E-state index contributed by atoms with van der Waals surface area (Å²) in [6.07, 6.45) is 5.32. The molecule has 2 fully saturated rings. The number of hydrogen-bond donors (Lipinski definition) is 0. The summed E-state index contributed by atoms with van der Waals surface area (Å²) in [6.45, 7) is 1.89. The van der Waals surface area contributed by atoms with Crippen molar-refractivity contribution in [2.24, 2.45) is 7.05 Å². The van der Waals surface area contributed by atoms with Gasteiger partial charge in [0.15, 0.2) is 0 Å². The van der Waals surface area contributed by atoms with Crippen molar-refractivity contribution in [3.05, 3.63) is 42.2 Å². The fourth-order valence-corrected chi connectivity index (χ4v) is 3.96. The van der Waals surface area contributed by atoms with E-state index in [0.717, 1.165) is 30.9 Å². The van der Waals surface area contributed by atoms with E-state index in [1.165, 1.54) is 5.56 Å². The second-order valence-corrected chi connectivity index (χ2v) is 6.58. The van der Waals surface area contributed by atoms with E-state index in [1.807, 2.05) is 30.3 Å². The second-order valence-electron chi connectivity index (χ2n) is 6.58. The first kappa shape index (κ1) is 15.2. The topological polar surface area (TPSA) is 50.6 Å². The van der Waals surface area contributed by atoms with Gasteiger partial charge in [-0.15, -0.1) is 0 Å². The van der Waals surface area contributed by atoms with Crippen LogP contribution in [0.25, 0.3) is 0 Å². The number of methoxy groups -OCH3 is 1.